The van der Waals surface area contributed by atoms with E-state index in [2.05, 4.69) is 4.99 Å². The van der Waals surface area contributed by atoms with Gasteiger partial charge in [0, 0.05) is 0 Å². The molecule has 170 valence electrons. The number of rotatable bonds is 5. The van der Waals surface area contributed by atoms with E-state index in [1.54, 1.807) is 30.7 Å². The summed E-state index contributed by atoms with van der Waals surface area (Å²) in [6, 6.07) is 12.5. The zero-order valence-electron chi connectivity index (χ0n) is 19.0. The van der Waals surface area contributed by atoms with Gasteiger partial charge in [-0.25, -0.2) is 9.79 Å². The summed E-state index contributed by atoms with van der Waals surface area (Å²) in [5.74, 6) is 0.507. The number of nitrogens with zero attached hydrogens (tertiary/aromatic N) is 2. The Bertz CT molecular complexity index is 1430. The minimum absolute atomic E-state index is 0.229. The topological polar surface area (TPSA) is 79.1 Å². The monoisotopic (exact) mass is 464 g/mol. The molecule has 0 fully saturated rings. The maximum absolute atomic E-state index is 13.6. The quantitative estimate of drug-likeness (QED) is 0.543. The van der Waals surface area contributed by atoms with Crippen molar-refractivity contribution < 1.29 is 19.0 Å². The predicted octanol–water partition coefficient (Wildman–Crippen LogP) is 2.73. The normalized spacial score (nSPS) is 15.7. The summed E-state index contributed by atoms with van der Waals surface area (Å²) in [6.45, 7) is 3.76. The molecule has 7 nitrogen and oxygen atoms in total. The first kappa shape index (κ1) is 22.5. The Morgan fingerprint density at radius 3 is 2.36 bits per heavy atom. The highest BCUT2D eigenvalue weighted by Crippen LogP contribution is 2.35. The van der Waals surface area contributed by atoms with E-state index < -0.39 is 12.0 Å². The number of esters is 1. The number of thiazole rings is 1. The molecule has 0 amide bonds. The summed E-state index contributed by atoms with van der Waals surface area (Å²) in [6.07, 6.45) is 1.84. The van der Waals surface area contributed by atoms with E-state index in [0.29, 0.717) is 37.7 Å². The van der Waals surface area contributed by atoms with Crippen LogP contribution in [0.2, 0.25) is 0 Å². The lowest BCUT2D eigenvalue weighted by Gasteiger charge is -2.25. The van der Waals surface area contributed by atoms with Crippen LogP contribution in [0.1, 0.15) is 29.7 Å². The number of methoxy groups -OCH3 is 3. The number of carbonyl (C=O) groups is 1. The molecule has 2 aromatic carbocycles. The fourth-order valence-electron chi connectivity index (χ4n) is 3.84. The van der Waals surface area contributed by atoms with Crippen LogP contribution in [0, 0.1) is 6.92 Å². The molecule has 0 spiro atoms. The zero-order chi connectivity index (χ0) is 23.7. The average molecular weight is 465 g/mol. The smallest absolute Gasteiger partial charge is 0.338 e. The Labute approximate surface area is 194 Å². The lowest BCUT2D eigenvalue weighted by molar-refractivity contribution is -0.136. The second-order valence-corrected chi connectivity index (χ2v) is 8.61. The van der Waals surface area contributed by atoms with Crippen LogP contribution in [0.4, 0.5) is 0 Å². The molecule has 8 heteroatoms. The van der Waals surface area contributed by atoms with Crippen molar-refractivity contribution in [2.75, 3.05) is 21.3 Å². The van der Waals surface area contributed by atoms with Gasteiger partial charge in [0.25, 0.3) is 5.56 Å². The van der Waals surface area contributed by atoms with Gasteiger partial charge in [-0.1, -0.05) is 47.2 Å². The van der Waals surface area contributed by atoms with E-state index in [9.17, 15) is 9.59 Å². The second-order valence-electron chi connectivity index (χ2n) is 7.60. The Kier molecular flexibility index (Phi) is 6.20. The van der Waals surface area contributed by atoms with Crippen molar-refractivity contribution in [3.05, 3.63) is 90.1 Å². The maximum Gasteiger partial charge on any atom is 0.338 e. The SMILES string of the molecule is COC(=O)C1=C(C)N=c2s/c(=C/c3ccc(C)cc3)c(=O)n2[C@H]1c1ccc(OC)c(OC)c1. The molecule has 33 heavy (non-hydrogen) atoms. The van der Waals surface area contributed by atoms with Gasteiger partial charge >= 0.3 is 5.97 Å². The molecular formula is C25H24N2O5S. The second kappa shape index (κ2) is 9.07. The van der Waals surface area contributed by atoms with Crippen LogP contribution in [0.5, 0.6) is 11.5 Å². The van der Waals surface area contributed by atoms with Gasteiger partial charge in [-0.15, -0.1) is 0 Å². The summed E-state index contributed by atoms with van der Waals surface area (Å²) in [7, 11) is 4.41. The minimum Gasteiger partial charge on any atom is -0.493 e. The molecule has 1 aliphatic heterocycles. The standard InChI is InChI=1S/C25H24N2O5S/c1-14-6-8-16(9-7-14)12-20-23(28)27-22(17-10-11-18(30-3)19(13-17)31-4)21(24(29)32-5)15(2)26-25(27)33-20/h6-13,22H,1-5H3/b20-12+/t22-/m0/s1. The Hall–Kier alpha value is -3.65. The van der Waals surface area contributed by atoms with E-state index in [1.165, 1.54) is 25.6 Å². The van der Waals surface area contributed by atoms with Crippen LogP contribution >= 0.6 is 11.3 Å². The largest absolute Gasteiger partial charge is 0.493 e. The first-order valence-corrected chi connectivity index (χ1v) is 11.1. The molecule has 0 N–H and O–H groups in total. The van der Waals surface area contributed by atoms with Crippen molar-refractivity contribution >= 4 is 23.4 Å². The van der Waals surface area contributed by atoms with E-state index in [4.69, 9.17) is 14.2 Å². The number of aromatic nitrogens is 1. The van der Waals surface area contributed by atoms with Crippen LogP contribution in [0.15, 0.2) is 63.5 Å². The highest BCUT2D eigenvalue weighted by Gasteiger charge is 2.33. The van der Waals surface area contributed by atoms with Crippen LogP contribution in [0.3, 0.4) is 0 Å². The molecule has 1 atom stereocenters. The number of allylic oxidation sites excluding steroid dienone is 1. The Morgan fingerprint density at radius 1 is 1.03 bits per heavy atom. The summed E-state index contributed by atoms with van der Waals surface area (Å²) >= 11 is 1.29. The maximum atomic E-state index is 13.6. The van der Waals surface area contributed by atoms with Gasteiger partial charge in [0.05, 0.1) is 43.2 Å². The van der Waals surface area contributed by atoms with Crippen molar-refractivity contribution in [1.29, 1.82) is 0 Å². The van der Waals surface area contributed by atoms with Gasteiger partial charge in [0.1, 0.15) is 0 Å². The number of hydrogen-bond donors (Lipinski definition) is 0. The molecule has 0 aliphatic carbocycles. The van der Waals surface area contributed by atoms with Gasteiger partial charge in [-0.3, -0.25) is 9.36 Å². The molecule has 0 radical (unpaired) electrons. The van der Waals surface area contributed by atoms with Crippen LogP contribution in [0.25, 0.3) is 6.08 Å². The van der Waals surface area contributed by atoms with Crippen molar-refractivity contribution in [2.45, 2.75) is 19.9 Å². The van der Waals surface area contributed by atoms with Crippen LogP contribution in [-0.4, -0.2) is 31.9 Å². The van der Waals surface area contributed by atoms with Gasteiger partial charge in [0.15, 0.2) is 16.3 Å². The number of ether oxygens (including phenoxy) is 3. The molecule has 0 unspecified atom stereocenters. The predicted molar refractivity (Wildman–Crippen MR) is 127 cm³/mol. The van der Waals surface area contributed by atoms with E-state index in [0.717, 1.165) is 11.1 Å². The first-order chi connectivity index (χ1) is 15.9. The number of carbonyl (C=O) groups excluding carboxylic acids is 1. The van der Waals surface area contributed by atoms with Crippen LogP contribution in [-0.2, 0) is 9.53 Å². The van der Waals surface area contributed by atoms with E-state index in [-0.39, 0.29) is 5.56 Å². The Morgan fingerprint density at radius 2 is 1.73 bits per heavy atom. The molecule has 1 aliphatic rings. The first-order valence-electron chi connectivity index (χ1n) is 10.3. The van der Waals surface area contributed by atoms with Gasteiger partial charge in [0.2, 0.25) is 0 Å². The van der Waals surface area contributed by atoms with E-state index >= 15 is 0 Å². The number of fused-ring (bicyclic) bond motifs is 1. The molecule has 0 saturated heterocycles. The van der Waals surface area contributed by atoms with Crippen LogP contribution < -0.4 is 24.4 Å². The molecule has 3 aromatic rings. The summed E-state index contributed by atoms with van der Waals surface area (Å²) < 4.78 is 17.9. The number of aryl methyl sites for hydroxylation is 1. The summed E-state index contributed by atoms with van der Waals surface area (Å²) in [4.78, 5) is 31.4. The molecule has 0 saturated carbocycles. The molecule has 0 bridgehead atoms. The average Bonchev–Trinajstić information content (AvgIpc) is 3.13. The third-order valence-corrected chi connectivity index (χ3v) is 6.51. The fraction of sp³-hybridized carbons (Fsp3) is 0.240. The molecule has 1 aromatic heterocycles. The van der Waals surface area contributed by atoms with Crippen molar-refractivity contribution in [1.82, 2.24) is 4.57 Å². The van der Waals surface area contributed by atoms with Gasteiger partial charge in [-0.05, 0) is 43.2 Å². The minimum atomic E-state index is -0.714. The lowest BCUT2D eigenvalue weighted by atomic mass is 9.95. The third kappa shape index (κ3) is 4.09. The highest BCUT2D eigenvalue weighted by atomic mass is 32.1. The molecular weight excluding hydrogens is 440 g/mol. The lowest BCUT2D eigenvalue weighted by Crippen LogP contribution is -2.39. The third-order valence-electron chi connectivity index (χ3n) is 5.53. The van der Waals surface area contributed by atoms with Gasteiger partial charge < -0.3 is 14.2 Å². The fourth-order valence-corrected chi connectivity index (χ4v) is 4.89. The zero-order valence-corrected chi connectivity index (χ0v) is 19.9. The summed E-state index contributed by atoms with van der Waals surface area (Å²) in [5.41, 5.74) is 3.32. The van der Waals surface area contributed by atoms with Crippen molar-refractivity contribution in [2.24, 2.45) is 4.99 Å². The van der Waals surface area contributed by atoms with Crippen molar-refractivity contribution in [3.8, 4) is 11.5 Å². The number of benzene rings is 2. The molecule has 4 rings (SSSR count). The van der Waals surface area contributed by atoms with Crippen molar-refractivity contribution in [3.63, 3.8) is 0 Å². The number of hydrogen-bond acceptors (Lipinski definition) is 7. The summed E-state index contributed by atoms with van der Waals surface area (Å²) in [5, 5.41) is 0. The van der Waals surface area contributed by atoms with E-state index in [1.807, 2.05) is 43.3 Å². The highest BCUT2D eigenvalue weighted by molar-refractivity contribution is 7.07. The molecule has 2 heterocycles. The Balaban J connectivity index is 1.97. The van der Waals surface area contributed by atoms with Gasteiger partial charge in [-0.2, -0.15) is 0 Å².